The van der Waals surface area contributed by atoms with E-state index >= 15 is 0 Å². The summed E-state index contributed by atoms with van der Waals surface area (Å²) in [6.45, 7) is 2.53. The fraction of sp³-hybridized carbons (Fsp3) is 0.800. The van der Waals surface area contributed by atoms with Gasteiger partial charge in [0.2, 0.25) is 11.8 Å². The van der Waals surface area contributed by atoms with Crippen LogP contribution in [0.5, 0.6) is 0 Å². The summed E-state index contributed by atoms with van der Waals surface area (Å²) in [7, 11) is 0. The molecule has 0 aromatic rings. The molecule has 0 aromatic heterocycles. The standard InChI is InChI=1S/C10H16N2O2/c1-2-8(7-3-4-7)12-6-9(13)11-5-10(12)14/h7-8H,2-6H2,1H3,(H,11,13). The number of nitrogens with zero attached hydrogens (tertiary/aromatic N) is 1. The molecule has 0 aromatic carbocycles. The molecular weight excluding hydrogens is 180 g/mol. The van der Waals surface area contributed by atoms with Crippen LogP contribution in [0.2, 0.25) is 0 Å². The van der Waals surface area contributed by atoms with E-state index in [0.717, 1.165) is 6.42 Å². The fourth-order valence-corrected chi connectivity index (χ4v) is 2.17. The number of carbonyl (C=O) groups excluding carboxylic acids is 2. The van der Waals surface area contributed by atoms with Crippen LogP contribution in [-0.4, -0.2) is 35.8 Å². The molecule has 1 saturated carbocycles. The van der Waals surface area contributed by atoms with Crippen LogP contribution in [0.25, 0.3) is 0 Å². The minimum atomic E-state index is -0.0244. The second-order valence-corrected chi connectivity index (χ2v) is 4.11. The van der Waals surface area contributed by atoms with Crippen LogP contribution >= 0.6 is 0 Å². The minimum absolute atomic E-state index is 0.0244. The van der Waals surface area contributed by atoms with E-state index in [4.69, 9.17) is 0 Å². The van der Waals surface area contributed by atoms with Crippen LogP contribution in [-0.2, 0) is 9.59 Å². The molecule has 0 bridgehead atoms. The predicted octanol–water partition coefficient (Wildman–Crippen LogP) is 0.133. The Kier molecular flexibility index (Phi) is 2.44. The largest absolute Gasteiger partial charge is 0.345 e. The van der Waals surface area contributed by atoms with E-state index in [9.17, 15) is 9.59 Å². The molecule has 1 heterocycles. The molecule has 1 unspecified atom stereocenters. The Balaban J connectivity index is 2.04. The van der Waals surface area contributed by atoms with Gasteiger partial charge < -0.3 is 10.2 Å². The number of hydrogen-bond acceptors (Lipinski definition) is 2. The lowest BCUT2D eigenvalue weighted by Crippen LogP contribution is -2.55. The summed E-state index contributed by atoms with van der Waals surface area (Å²) in [5.41, 5.74) is 0. The number of piperazine rings is 1. The molecule has 2 rings (SSSR count). The Labute approximate surface area is 83.6 Å². The van der Waals surface area contributed by atoms with Gasteiger partial charge in [-0.15, -0.1) is 0 Å². The van der Waals surface area contributed by atoms with Crippen LogP contribution in [0, 0.1) is 5.92 Å². The van der Waals surface area contributed by atoms with Gasteiger partial charge in [0.25, 0.3) is 0 Å². The first-order valence-electron chi connectivity index (χ1n) is 5.28. The Morgan fingerprint density at radius 3 is 2.79 bits per heavy atom. The van der Waals surface area contributed by atoms with Gasteiger partial charge in [0, 0.05) is 6.04 Å². The van der Waals surface area contributed by atoms with E-state index in [1.165, 1.54) is 12.8 Å². The maximum atomic E-state index is 11.6. The van der Waals surface area contributed by atoms with E-state index in [1.54, 1.807) is 4.90 Å². The molecule has 14 heavy (non-hydrogen) atoms. The molecule has 2 aliphatic rings. The number of rotatable bonds is 3. The molecule has 1 N–H and O–H groups in total. The lowest BCUT2D eigenvalue weighted by Gasteiger charge is -2.33. The average Bonchev–Trinajstić information content (AvgIpc) is 2.96. The van der Waals surface area contributed by atoms with Crippen molar-refractivity contribution in [2.45, 2.75) is 32.2 Å². The topological polar surface area (TPSA) is 49.4 Å². The normalized spacial score (nSPS) is 24.8. The molecule has 1 atom stereocenters. The Morgan fingerprint density at radius 2 is 2.21 bits per heavy atom. The molecule has 78 valence electrons. The summed E-state index contributed by atoms with van der Waals surface area (Å²) < 4.78 is 0. The van der Waals surface area contributed by atoms with Crippen molar-refractivity contribution in [2.24, 2.45) is 5.92 Å². The maximum absolute atomic E-state index is 11.6. The molecule has 1 aliphatic heterocycles. The van der Waals surface area contributed by atoms with Crippen molar-refractivity contribution in [3.8, 4) is 0 Å². The second-order valence-electron chi connectivity index (χ2n) is 4.11. The first kappa shape index (κ1) is 9.49. The lowest BCUT2D eigenvalue weighted by atomic mass is 10.1. The van der Waals surface area contributed by atoms with E-state index in [-0.39, 0.29) is 24.9 Å². The smallest absolute Gasteiger partial charge is 0.242 e. The van der Waals surface area contributed by atoms with Gasteiger partial charge >= 0.3 is 0 Å². The fourth-order valence-electron chi connectivity index (χ4n) is 2.17. The Morgan fingerprint density at radius 1 is 1.50 bits per heavy atom. The van der Waals surface area contributed by atoms with Gasteiger partial charge in [-0.2, -0.15) is 0 Å². The minimum Gasteiger partial charge on any atom is -0.345 e. The summed E-state index contributed by atoms with van der Waals surface area (Å²) in [5, 5.41) is 2.57. The highest BCUT2D eigenvalue weighted by Gasteiger charge is 2.38. The van der Waals surface area contributed by atoms with Gasteiger partial charge in [0.15, 0.2) is 0 Å². The zero-order valence-electron chi connectivity index (χ0n) is 8.45. The van der Waals surface area contributed by atoms with E-state index in [0.29, 0.717) is 12.0 Å². The maximum Gasteiger partial charge on any atom is 0.242 e. The van der Waals surface area contributed by atoms with Gasteiger partial charge in [-0.25, -0.2) is 0 Å². The first-order valence-corrected chi connectivity index (χ1v) is 5.28. The molecule has 1 aliphatic carbocycles. The van der Waals surface area contributed by atoms with Crippen LogP contribution in [0.15, 0.2) is 0 Å². The van der Waals surface area contributed by atoms with Crippen molar-refractivity contribution in [2.75, 3.05) is 13.1 Å². The summed E-state index contributed by atoms with van der Waals surface area (Å²) >= 11 is 0. The monoisotopic (exact) mass is 196 g/mol. The lowest BCUT2D eigenvalue weighted by molar-refractivity contribution is -0.143. The van der Waals surface area contributed by atoms with Gasteiger partial charge in [0.05, 0.1) is 13.1 Å². The van der Waals surface area contributed by atoms with E-state index < -0.39 is 0 Å². The van der Waals surface area contributed by atoms with Crippen molar-refractivity contribution in [3.63, 3.8) is 0 Å². The number of carbonyl (C=O) groups is 2. The summed E-state index contributed by atoms with van der Waals surface area (Å²) in [5.74, 6) is 0.696. The summed E-state index contributed by atoms with van der Waals surface area (Å²) in [6, 6.07) is 0.300. The second kappa shape index (κ2) is 3.59. The highest BCUT2D eigenvalue weighted by Crippen LogP contribution is 2.37. The Bertz CT molecular complexity index is 261. The van der Waals surface area contributed by atoms with Gasteiger partial charge in [-0.05, 0) is 25.2 Å². The zero-order chi connectivity index (χ0) is 10.1. The van der Waals surface area contributed by atoms with Crippen LogP contribution in [0.1, 0.15) is 26.2 Å². The first-order chi connectivity index (χ1) is 6.72. The summed E-state index contributed by atoms with van der Waals surface area (Å²) in [6.07, 6.45) is 3.39. The third-order valence-corrected chi connectivity index (χ3v) is 3.06. The number of amides is 2. The van der Waals surface area contributed by atoms with Gasteiger partial charge in [-0.3, -0.25) is 9.59 Å². The number of nitrogens with one attached hydrogen (secondary N) is 1. The van der Waals surface area contributed by atoms with Crippen molar-refractivity contribution < 1.29 is 9.59 Å². The third-order valence-electron chi connectivity index (χ3n) is 3.06. The highest BCUT2D eigenvalue weighted by molar-refractivity contribution is 5.92. The van der Waals surface area contributed by atoms with Gasteiger partial charge in [-0.1, -0.05) is 6.92 Å². The van der Waals surface area contributed by atoms with Crippen molar-refractivity contribution >= 4 is 11.8 Å². The molecule has 4 nitrogen and oxygen atoms in total. The zero-order valence-corrected chi connectivity index (χ0v) is 8.45. The molecule has 0 radical (unpaired) electrons. The predicted molar refractivity (Wildman–Crippen MR) is 51.5 cm³/mol. The summed E-state index contributed by atoms with van der Waals surface area (Å²) in [4.78, 5) is 24.5. The van der Waals surface area contributed by atoms with Gasteiger partial charge in [0.1, 0.15) is 0 Å². The van der Waals surface area contributed by atoms with Crippen LogP contribution < -0.4 is 5.32 Å². The van der Waals surface area contributed by atoms with Crippen molar-refractivity contribution in [1.29, 1.82) is 0 Å². The molecule has 1 saturated heterocycles. The van der Waals surface area contributed by atoms with Crippen molar-refractivity contribution in [1.82, 2.24) is 10.2 Å². The van der Waals surface area contributed by atoms with Crippen LogP contribution in [0.4, 0.5) is 0 Å². The van der Waals surface area contributed by atoms with E-state index in [2.05, 4.69) is 12.2 Å². The highest BCUT2D eigenvalue weighted by atomic mass is 16.2. The SMILES string of the molecule is CCC(C1CC1)N1CC(=O)NCC1=O. The quantitative estimate of drug-likeness (QED) is 0.697. The third kappa shape index (κ3) is 1.74. The molecule has 0 spiro atoms. The number of hydrogen-bond donors (Lipinski definition) is 1. The van der Waals surface area contributed by atoms with Crippen molar-refractivity contribution in [3.05, 3.63) is 0 Å². The Hall–Kier alpha value is -1.06. The van der Waals surface area contributed by atoms with E-state index in [1.807, 2.05) is 0 Å². The molecule has 4 heteroatoms. The molecular formula is C10H16N2O2. The molecule has 2 fully saturated rings. The van der Waals surface area contributed by atoms with Crippen LogP contribution in [0.3, 0.4) is 0 Å². The average molecular weight is 196 g/mol. The molecule has 2 amide bonds.